The Bertz CT molecular complexity index is 1800. The average molecular weight is 703 g/mol. The first-order valence-electron chi connectivity index (χ1n) is 13.8. The van der Waals surface area contributed by atoms with Crippen LogP contribution in [0, 0.1) is 9.62 Å². The van der Waals surface area contributed by atoms with Crippen molar-refractivity contribution >= 4 is 57.6 Å². The number of nitrogens with two attached hydrogens (primary N) is 1. The van der Waals surface area contributed by atoms with Crippen molar-refractivity contribution in [2.24, 2.45) is 5.92 Å². The highest BCUT2D eigenvalue weighted by Gasteiger charge is 2.50. The van der Waals surface area contributed by atoms with Gasteiger partial charge in [0, 0.05) is 5.92 Å². The van der Waals surface area contributed by atoms with Gasteiger partial charge in [0.2, 0.25) is 5.95 Å². The van der Waals surface area contributed by atoms with E-state index in [1.807, 2.05) is 22.6 Å². The summed E-state index contributed by atoms with van der Waals surface area (Å²) in [6.45, 7) is -0.0996. The molecule has 4 atom stereocenters. The molecule has 0 saturated heterocycles. The van der Waals surface area contributed by atoms with Crippen molar-refractivity contribution < 1.29 is 28.6 Å². The number of fused-ring (bicyclic) bond motifs is 1. The summed E-state index contributed by atoms with van der Waals surface area (Å²) >= 11 is 2.03. The van der Waals surface area contributed by atoms with Crippen LogP contribution in [0.4, 0.5) is 5.95 Å². The van der Waals surface area contributed by atoms with Crippen LogP contribution < -0.4 is 5.73 Å². The van der Waals surface area contributed by atoms with Crippen LogP contribution in [-0.4, -0.2) is 56.2 Å². The lowest BCUT2D eigenvalue weighted by atomic mass is 10.1. The molecule has 1 aliphatic rings. The predicted octanol–water partition coefficient (Wildman–Crippen LogP) is 4.88. The van der Waals surface area contributed by atoms with Crippen molar-refractivity contribution in [2.75, 3.05) is 12.3 Å². The Morgan fingerprint density at radius 2 is 1.30 bits per heavy atom. The number of benzene rings is 3. The second-order valence-electron chi connectivity index (χ2n) is 10.2. The van der Waals surface area contributed by atoms with Crippen LogP contribution in [0.15, 0.2) is 97.3 Å². The monoisotopic (exact) mass is 703 g/mol. The zero-order valence-electron chi connectivity index (χ0n) is 23.2. The van der Waals surface area contributed by atoms with Crippen LogP contribution in [0.2, 0.25) is 0 Å². The zero-order valence-corrected chi connectivity index (χ0v) is 25.3. The Balaban J connectivity index is 1.39. The van der Waals surface area contributed by atoms with Gasteiger partial charge in [-0.05, 0) is 65.4 Å². The predicted molar refractivity (Wildman–Crippen MR) is 168 cm³/mol. The molecular weight excluding hydrogens is 677 g/mol. The number of nitrogens with zero attached hydrogens (tertiary/aromatic N) is 4. The Hall–Kier alpha value is -4.85. The van der Waals surface area contributed by atoms with Gasteiger partial charge in [0.25, 0.3) is 0 Å². The fourth-order valence-corrected chi connectivity index (χ4v) is 5.95. The fourth-order valence-electron chi connectivity index (χ4n) is 5.32. The van der Waals surface area contributed by atoms with Gasteiger partial charge in [-0.3, -0.25) is 0 Å². The highest BCUT2D eigenvalue weighted by Crippen LogP contribution is 2.42. The van der Waals surface area contributed by atoms with Crippen molar-refractivity contribution in [3.05, 3.63) is 118 Å². The van der Waals surface area contributed by atoms with Gasteiger partial charge < -0.3 is 24.5 Å². The van der Waals surface area contributed by atoms with Gasteiger partial charge in [-0.15, -0.1) is 0 Å². The van der Waals surface area contributed by atoms with Crippen molar-refractivity contribution in [1.29, 1.82) is 0 Å². The largest absolute Gasteiger partial charge is 0.462 e. The van der Waals surface area contributed by atoms with Crippen LogP contribution in [0.1, 0.15) is 43.5 Å². The van der Waals surface area contributed by atoms with Crippen LogP contribution in [0.5, 0.6) is 0 Å². The molecule has 5 aromatic rings. The third-order valence-corrected chi connectivity index (χ3v) is 8.16. The van der Waals surface area contributed by atoms with Crippen molar-refractivity contribution in [3.8, 4) is 0 Å². The Kier molecular flexibility index (Phi) is 8.50. The van der Waals surface area contributed by atoms with E-state index in [1.165, 1.54) is 0 Å². The lowest BCUT2D eigenvalue weighted by molar-refractivity contribution is -0.0493. The molecule has 12 heteroatoms. The summed E-state index contributed by atoms with van der Waals surface area (Å²) in [6.07, 6.45) is -0.113. The summed E-state index contributed by atoms with van der Waals surface area (Å²) in [7, 11) is 0. The Morgan fingerprint density at radius 1 is 0.773 bits per heavy atom. The molecule has 11 nitrogen and oxygen atoms in total. The lowest BCUT2D eigenvalue weighted by Gasteiger charge is -2.27. The summed E-state index contributed by atoms with van der Waals surface area (Å²) in [5.41, 5.74) is 7.97. The number of hydrogen-bond donors (Lipinski definition) is 1. The molecule has 2 aromatic heterocycles. The fraction of sp³-hybridized carbons (Fsp3) is 0.188. The molecule has 6 rings (SSSR count). The number of anilines is 1. The van der Waals surface area contributed by atoms with E-state index >= 15 is 0 Å². The molecule has 0 bridgehead atoms. The van der Waals surface area contributed by atoms with Crippen LogP contribution in [0.25, 0.3) is 11.2 Å². The molecule has 0 amide bonds. The van der Waals surface area contributed by atoms with Gasteiger partial charge >= 0.3 is 17.9 Å². The third kappa shape index (κ3) is 6.11. The first kappa shape index (κ1) is 29.2. The van der Waals surface area contributed by atoms with Crippen LogP contribution >= 0.6 is 22.6 Å². The maximum absolute atomic E-state index is 13.4. The summed E-state index contributed by atoms with van der Waals surface area (Å²) in [6, 6.07) is 25.0. The van der Waals surface area contributed by atoms with Gasteiger partial charge in [-0.2, -0.15) is 4.98 Å². The second-order valence-corrected chi connectivity index (χ2v) is 11.2. The maximum Gasteiger partial charge on any atom is 0.338 e. The molecule has 44 heavy (non-hydrogen) atoms. The number of esters is 3. The van der Waals surface area contributed by atoms with Gasteiger partial charge in [0.05, 0.1) is 35.7 Å². The maximum atomic E-state index is 13.4. The minimum absolute atomic E-state index is 0.0554. The van der Waals surface area contributed by atoms with Gasteiger partial charge in [0.1, 0.15) is 15.3 Å². The summed E-state index contributed by atoms with van der Waals surface area (Å²) in [4.78, 5) is 52.8. The molecular formula is C32H26IN5O6. The number of halogens is 1. The molecule has 1 saturated carbocycles. The highest BCUT2D eigenvalue weighted by atomic mass is 127. The van der Waals surface area contributed by atoms with E-state index in [-0.39, 0.29) is 12.6 Å². The van der Waals surface area contributed by atoms with Gasteiger partial charge in [-0.1, -0.05) is 54.6 Å². The first-order valence-corrected chi connectivity index (χ1v) is 14.9. The van der Waals surface area contributed by atoms with Crippen molar-refractivity contribution in [3.63, 3.8) is 0 Å². The quantitative estimate of drug-likeness (QED) is 0.103. The van der Waals surface area contributed by atoms with E-state index in [2.05, 4.69) is 15.0 Å². The van der Waals surface area contributed by atoms with Crippen molar-refractivity contribution in [2.45, 2.75) is 24.7 Å². The summed E-state index contributed by atoms with van der Waals surface area (Å²) in [5.74, 6) is -2.22. The Labute approximate surface area is 265 Å². The molecule has 1 fully saturated rings. The molecule has 0 radical (unpaired) electrons. The van der Waals surface area contributed by atoms with Crippen LogP contribution in [0.3, 0.4) is 0 Å². The molecule has 222 valence electrons. The number of rotatable bonds is 8. The minimum Gasteiger partial charge on any atom is -0.462 e. The standard InChI is InChI=1S/C32H26IN5O6/c33-27-24-28(37-32(34)36-27)38(18-35-24)23-16-22(17-42-29(39)19-10-4-1-5-11-19)25(43-30(40)20-12-6-2-7-13-20)26(23)44-31(41)21-14-8-3-9-15-21/h1-15,18,22-23,25-26H,16-17H2,(H2,34,36,37). The number of hydrogen-bond acceptors (Lipinski definition) is 10. The van der Waals surface area contributed by atoms with E-state index in [9.17, 15) is 14.4 Å². The molecule has 4 unspecified atom stereocenters. The molecule has 0 spiro atoms. The molecule has 2 N–H and O–H groups in total. The normalized spacial score (nSPS) is 19.4. The average Bonchev–Trinajstić information content (AvgIpc) is 3.62. The third-order valence-electron chi connectivity index (χ3n) is 7.41. The van der Waals surface area contributed by atoms with Gasteiger partial charge in [0.15, 0.2) is 11.8 Å². The highest BCUT2D eigenvalue weighted by molar-refractivity contribution is 14.1. The number of aromatic nitrogens is 4. The molecule has 2 heterocycles. The number of nitrogen functional groups attached to an aromatic ring is 1. The van der Waals surface area contributed by atoms with E-state index in [1.54, 1.807) is 102 Å². The second kappa shape index (κ2) is 12.8. The van der Waals surface area contributed by atoms with E-state index in [0.29, 0.717) is 38.0 Å². The number of imidazole rings is 1. The number of carbonyl (C=O) groups excluding carboxylic acids is 3. The van der Waals surface area contributed by atoms with E-state index in [0.717, 1.165) is 0 Å². The Morgan fingerprint density at radius 3 is 1.86 bits per heavy atom. The van der Waals surface area contributed by atoms with Crippen molar-refractivity contribution in [1.82, 2.24) is 19.5 Å². The summed E-state index contributed by atoms with van der Waals surface area (Å²) in [5, 5.41) is 0. The molecule has 0 aliphatic heterocycles. The zero-order chi connectivity index (χ0) is 30.6. The van der Waals surface area contributed by atoms with Gasteiger partial charge in [-0.25, -0.2) is 24.4 Å². The number of ether oxygens (including phenoxy) is 3. The summed E-state index contributed by atoms with van der Waals surface area (Å²) < 4.78 is 20.2. The molecule has 3 aromatic carbocycles. The van der Waals surface area contributed by atoms with E-state index in [4.69, 9.17) is 19.9 Å². The minimum atomic E-state index is -0.998. The SMILES string of the molecule is Nc1nc(I)c2ncn(C3CC(COC(=O)c4ccccc4)C(OC(=O)c4ccccc4)C3OC(=O)c3ccccc3)c2n1. The lowest BCUT2D eigenvalue weighted by Crippen LogP contribution is -2.39. The molecule has 1 aliphatic carbocycles. The number of carbonyl (C=O) groups is 3. The van der Waals surface area contributed by atoms with Crippen LogP contribution in [-0.2, 0) is 14.2 Å². The topological polar surface area (TPSA) is 149 Å². The van der Waals surface area contributed by atoms with E-state index < -0.39 is 42.1 Å². The smallest absolute Gasteiger partial charge is 0.338 e. The first-order chi connectivity index (χ1) is 21.4.